The van der Waals surface area contributed by atoms with Crippen LogP contribution in [0.3, 0.4) is 0 Å². The number of carbonyl (C=O) groups excluding carboxylic acids is 1. The van der Waals surface area contributed by atoms with Gasteiger partial charge in [-0.1, -0.05) is 45.0 Å². The molecule has 0 aliphatic rings. The van der Waals surface area contributed by atoms with Crippen molar-refractivity contribution in [2.45, 2.75) is 32.7 Å². The molecule has 0 aliphatic heterocycles. The first-order valence-corrected chi connectivity index (χ1v) is 6.20. The summed E-state index contributed by atoms with van der Waals surface area (Å²) in [7, 11) is 0. The minimum atomic E-state index is 0.180. The van der Waals surface area contributed by atoms with Crippen LogP contribution in [0.5, 0.6) is 0 Å². The maximum absolute atomic E-state index is 10.8. The Morgan fingerprint density at radius 2 is 1.78 bits per heavy atom. The highest BCUT2D eigenvalue weighted by molar-refractivity contribution is 5.72. The number of aromatic nitrogens is 1. The molecule has 1 aromatic heterocycles. The van der Waals surface area contributed by atoms with Gasteiger partial charge in [0.05, 0.1) is 5.69 Å². The third-order valence-electron chi connectivity index (χ3n) is 3.16. The zero-order chi connectivity index (χ0) is 13.2. The van der Waals surface area contributed by atoms with Gasteiger partial charge in [-0.05, 0) is 28.7 Å². The third kappa shape index (κ3) is 2.70. The van der Waals surface area contributed by atoms with Crippen molar-refractivity contribution in [1.82, 2.24) is 4.57 Å². The van der Waals surface area contributed by atoms with E-state index in [1.165, 1.54) is 11.1 Å². The Labute approximate surface area is 108 Å². The van der Waals surface area contributed by atoms with E-state index in [1.54, 1.807) is 0 Å². The van der Waals surface area contributed by atoms with Gasteiger partial charge in [-0.15, -0.1) is 0 Å². The van der Waals surface area contributed by atoms with Gasteiger partial charge in [0.2, 0.25) is 0 Å². The number of aldehydes is 1. The van der Waals surface area contributed by atoms with Crippen molar-refractivity contribution in [3.63, 3.8) is 0 Å². The van der Waals surface area contributed by atoms with E-state index in [2.05, 4.69) is 45.0 Å². The van der Waals surface area contributed by atoms with Crippen LogP contribution >= 0.6 is 0 Å². The number of nitrogens with zero attached hydrogens (tertiary/aromatic N) is 1. The van der Waals surface area contributed by atoms with E-state index in [0.29, 0.717) is 0 Å². The molecule has 0 saturated carbocycles. The van der Waals surface area contributed by atoms with Gasteiger partial charge in [0.1, 0.15) is 0 Å². The molecule has 2 nitrogen and oxygen atoms in total. The fourth-order valence-corrected chi connectivity index (χ4v) is 1.99. The van der Waals surface area contributed by atoms with Crippen LogP contribution < -0.4 is 0 Å². The van der Waals surface area contributed by atoms with Crippen LogP contribution in [0.25, 0.3) is 0 Å². The summed E-state index contributed by atoms with van der Waals surface area (Å²) in [5, 5.41) is 0. The Hall–Kier alpha value is -1.83. The predicted octanol–water partition coefficient (Wildman–Crippen LogP) is 3.65. The van der Waals surface area contributed by atoms with Crippen molar-refractivity contribution in [3.05, 3.63) is 59.4 Å². The lowest BCUT2D eigenvalue weighted by Crippen LogP contribution is -2.11. The van der Waals surface area contributed by atoms with E-state index in [0.717, 1.165) is 18.5 Å². The molecule has 0 atom stereocenters. The number of hydrogen-bond acceptors (Lipinski definition) is 1. The monoisotopic (exact) mass is 241 g/mol. The van der Waals surface area contributed by atoms with Gasteiger partial charge in [0.15, 0.2) is 6.29 Å². The normalized spacial score (nSPS) is 11.5. The van der Waals surface area contributed by atoms with Crippen LogP contribution in [-0.4, -0.2) is 10.9 Å². The van der Waals surface area contributed by atoms with Gasteiger partial charge in [0, 0.05) is 12.7 Å². The van der Waals surface area contributed by atoms with E-state index in [1.807, 2.05) is 22.9 Å². The Morgan fingerprint density at radius 1 is 1.11 bits per heavy atom. The van der Waals surface area contributed by atoms with Gasteiger partial charge < -0.3 is 4.57 Å². The summed E-state index contributed by atoms with van der Waals surface area (Å²) >= 11 is 0. The van der Waals surface area contributed by atoms with E-state index in [9.17, 15) is 4.79 Å². The fraction of sp³-hybridized carbons (Fsp3) is 0.312. The van der Waals surface area contributed by atoms with E-state index in [4.69, 9.17) is 0 Å². The first kappa shape index (κ1) is 12.6. The SMILES string of the molecule is CC(C)(C)c1ccc(Cn2cccc2C=O)cc1. The van der Waals surface area contributed by atoms with Crippen LogP contribution in [0.2, 0.25) is 0 Å². The lowest BCUT2D eigenvalue weighted by Gasteiger charge is -2.19. The Morgan fingerprint density at radius 3 is 2.33 bits per heavy atom. The summed E-state index contributed by atoms with van der Waals surface area (Å²) in [4.78, 5) is 10.8. The van der Waals surface area contributed by atoms with Crippen molar-refractivity contribution in [2.24, 2.45) is 0 Å². The van der Waals surface area contributed by atoms with Gasteiger partial charge in [0.25, 0.3) is 0 Å². The minimum absolute atomic E-state index is 0.180. The van der Waals surface area contributed by atoms with Gasteiger partial charge in [-0.3, -0.25) is 4.79 Å². The van der Waals surface area contributed by atoms with E-state index < -0.39 is 0 Å². The number of carbonyl (C=O) groups is 1. The summed E-state index contributed by atoms with van der Waals surface area (Å²) < 4.78 is 1.96. The maximum atomic E-state index is 10.8. The highest BCUT2D eigenvalue weighted by atomic mass is 16.1. The van der Waals surface area contributed by atoms with Crippen molar-refractivity contribution < 1.29 is 4.79 Å². The van der Waals surface area contributed by atoms with Crippen LogP contribution in [-0.2, 0) is 12.0 Å². The lowest BCUT2D eigenvalue weighted by atomic mass is 9.87. The largest absolute Gasteiger partial charge is 0.341 e. The number of rotatable bonds is 3. The number of benzene rings is 1. The molecule has 0 N–H and O–H groups in total. The molecule has 0 unspecified atom stereocenters. The van der Waals surface area contributed by atoms with Gasteiger partial charge in [-0.25, -0.2) is 0 Å². The molecule has 0 bridgehead atoms. The first-order valence-electron chi connectivity index (χ1n) is 6.20. The van der Waals surface area contributed by atoms with Crippen LogP contribution in [0.1, 0.15) is 42.4 Å². The van der Waals surface area contributed by atoms with Crippen molar-refractivity contribution in [1.29, 1.82) is 0 Å². The molecule has 94 valence electrons. The molecular formula is C16H19NO. The molecular weight excluding hydrogens is 222 g/mol. The summed E-state index contributed by atoms with van der Waals surface area (Å²) in [6.45, 7) is 7.36. The molecule has 0 aliphatic carbocycles. The zero-order valence-corrected chi connectivity index (χ0v) is 11.2. The fourth-order valence-electron chi connectivity index (χ4n) is 1.99. The molecule has 0 fully saturated rings. The summed E-state index contributed by atoms with van der Waals surface area (Å²) in [5.41, 5.74) is 3.44. The Balaban J connectivity index is 2.19. The average Bonchev–Trinajstić information content (AvgIpc) is 2.76. The standard InChI is InChI=1S/C16H19NO/c1-16(2,3)14-8-6-13(7-9-14)11-17-10-4-5-15(17)12-18/h4-10,12H,11H2,1-3H3. The topological polar surface area (TPSA) is 22.0 Å². The second-order valence-corrected chi connectivity index (χ2v) is 5.63. The average molecular weight is 241 g/mol. The molecule has 0 spiro atoms. The van der Waals surface area contributed by atoms with Crippen molar-refractivity contribution in [2.75, 3.05) is 0 Å². The Bertz CT molecular complexity index is 529. The van der Waals surface area contributed by atoms with Crippen LogP contribution in [0.15, 0.2) is 42.6 Å². The zero-order valence-electron chi connectivity index (χ0n) is 11.2. The summed E-state index contributed by atoms with van der Waals surface area (Å²) in [5.74, 6) is 0. The minimum Gasteiger partial charge on any atom is -0.341 e. The maximum Gasteiger partial charge on any atom is 0.166 e. The number of hydrogen-bond donors (Lipinski definition) is 0. The molecule has 2 rings (SSSR count). The second kappa shape index (κ2) is 4.81. The molecule has 2 aromatic rings. The Kier molecular flexibility index (Phi) is 3.37. The predicted molar refractivity (Wildman–Crippen MR) is 74.1 cm³/mol. The van der Waals surface area contributed by atoms with E-state index >= 15 is 0 Å². The highest BCUT2D eigenvalue weighted by Crippen LogP contribution is 2.22. The van der Waals surface area contributed by atoms with Gasteiger partial charge >= 0.3 is 0 Å². The molecule has 0 amide bonds. The lowest BCUT2D eigenvalue weighted by molar-refractivity contribution is 0.111. The highest BCUT2D eigenvalue weighted by Gasteiger charge is 2.12. The summed E-state index contributed by atoms with van der Waals surface area (Å²) in [6.07, 6.45) is 2.82. The van der Waals surface area contributed by atoms with Gasteiger partial charge in [-0.2, -0.15) is 0 Å². The molecule has 1 aromatic carbocycles. The third-order valence-corrected chi connectivity index (χ3v) is 3.16. The molecule has 0 radical (unpaired) electrons. The van der Waals surface area contributed by atoms with E-state index in [-0.39, 0.29) is 5.41 Å². The molecule has 0 saturated heterocycles. The molecule has 1 heterocycles. The van der Waals surface area contributed by atoms with Crippen molar-refractivity contribution >= 4 is 6.29 Å². The quantitative estimate of drug-likeness (QED) is 0.752. The molecule has 2 heteroatoms. The second-order valence-electron chi connectivity index (χ2n) is 5.63. The van der Waals surface area contributed by atoms with Crippen LogP contribution in [0, 0.1) is 0 Å². The summed E-state index contributed by atoms with van der Waals surface area (Å²) in [6, 6.07) is 12.3. The molecule has 18 heavy (non-hydrogen) atoms. The smallest absolute Gasteiger partial charge is 0.166 e. The first-order chi connectivity index (χ1) is 8.50. The van der Waals surface area contributed by atoms with Crippen molar-refractivity contribution in [3.8, 4) is 0 Å². The van der Waals surface area contributed by atoms with Crippen LogP contribution in [0.4, 0.5) is 0 Å².